The van der Waals surface area contributed by atoms with Gasteiger partial charge in [0.05, 0.1) is 13.7 Å². The second-order valence-electron chi connectivity index (χ2n) is 4.14. The average molecular weight is 276 g/mol. The topological polar surface area (TPSA) is 87.6 Å². The summed E-state index contributed by atoms with van der Waals surface area (Å²) in [6, 6.07) is 5.10. The van der Waals surface area contributed by atoms with Gasteiger partial charge in [-0.05, 0) is 32.0 Å². The predicted molar refractivity (Wildman–Crippen MR) is 73.6 cm³/mol. The number of nitrogens with zero attached hydrogens (tertiary/aromatic N) is 1. The van der Waals surface area contributed by atoms with E-state index in [1.807, 2.05) is 0 Å². The molecule has 2 rings (SSSR count). The Morgan fingerprint density at radius 3 is 2.85 bits per heavy atom. The standard InChI is InChI=1S/C14H16N2O4/c1-4-19-14(17)12-8(2)20-16-13(12)10-7-9(15)5-6-11(10)18-3/h5-7H,4,15H2,1-3H3. The van der Waals surface area contributed by atoms with Crippen molar-refractivity contribution in [3.63, 3.8) is 0 Å². The number of carbonyl (C=O) groups excluding carboxylic acids is 1. The van der Waals surface area contributed by atoms with Crippen LogP contribution >= 0.6 is 0 Å². The van der Waals surface area contributed by atoms with Crippen molar-refractivity contribution in [2.45, 2.75) is 13.8 Å². The average Bonchev–Trinajstić information content (AvgIpc) is 2.80. The third-order valence-corrected chi connectivity index (χ3v) is 2.82. The molecule has 0 saturated heterocycles. The molecule has 106 valence electrons. The molecule has 0 atom stereocenters. The number of aryl methyl sites for hydroxylation is 1. The Kier molecular flexibility index (Phi) is 3.93. The molecular formula is C14H16N2O4. The van der Waals surface area contributed by atoms with Gasteiger partial charge in [-0.2, -0.15) is 0 Å². The maximum atomic E-state index is 12.0. The van der Waals surface area contributed by atoms with Crippen LogP contribution in [-0.2, 0) is 4.74 Å². The number of aromatic nitrogens is 1. The van der Waals surface area contributed by atoms with Crippen molar-refractivity contribution >= 4 is 11.7 Å². The molecule has 0 aliphatic carbocycles. The largest absolute Gasteiger partial charge is 0.496 e. The second-order valence-corrected chi connectivity index (χ2v) is 4.14. The highest BCUT2D eigenvalue weighted by Crippen LogP contribution is 2.34. The molecule has 6 heteroatoms. The molecule has 0 saturated carbocycles. The van der Waals surface area contributed by atoms with E-state index >= 15 is 0 Å². The number of hydrogen-bond acceptors (Lipinski definition) is 6. The molecule has 6 nitrogen and oxygen atoms in total. The van der Waals surface area contributed by atoms with Crippen molar-refractivity contribution in [1.29, 1.82) is 0 Å². The minimum atomic E-state index is -0.481. The summed E-state index contributed by atoms with van der Waals surface area (Å²) in [4.78, 5) is 12.0. The van der Waals surface area contributed by atoms with Gasteiger partial charge in [0.15, 0.2) is 0 Å². The summed E-state index contributed by atoms with van der Waals surface area (Å²) in [6.45, 7) is 3.67. The van der Waals surface area contributed by atoms with E-state index in [-0.39, 0.29) is 12.2 Å². The molecular weight excluding hydrogens is 260 g/mol. The molecule has 0 aliphatic rings. The summed E-state index contributed by atoms with van der Waals surface area (Å²) < 4.78 is 15.4. The third kappa shape index (κ3) is 2.45. The molecule has 1 aromatic carbocycles. The zero-order valence-electron chi connectivity index (χ0n) is 11.6. The Morgan fingerprint density at radius 2 is 2.20 bits per heavy atom. The number of anilines is 1. The highest BCUT2D eigenvalue weighted by Gasteiger charge is 2.24. The Balaban J connectivity index is 2.59. The second kappa shape index (κ2) is 5.64. The molecule has 0 radical (unpaired) electrons. The fraction of sp³-hybridized carbons (Fsp3) is 0.286. The number of ether oxygens (including phenoxy) is 2. The number of nitrogen functional groups attached to an aromatic ring is 1. The van der Waals surface area contributed by atoms with E-state index < -0.39 is 5.97 Å². The third-order valence-electron chi connectivity index (χ3n) is 2.82. The van der Waals surface area contributed by atoms with E-state index in [2.05, 4.69) is 5.16 Å². The Hall–Kier alpha value is -2.50. The Morgan fingerprint density at radius 1 is 1.45 bits per heavy atom. The fourth-order valence-corrected chi connectivity index (χ4v) is 1.91. The zero-order valence-corrected chi connectivity index (χ0v) is 11.6. The highest BCUT2D eigenvalue weighted by atomic mass is 16.5. The number of carbonyl (C=O) groups is 1. The Labute approximate surface area is 116 Å². The van der Waals surface area contributed by atoms with Crippen LogP contribution in [0, 0.1) is 6.92 Å². The van der Waals surface area contributed by atoms with E-state index in [1.54, 1.807) is 32.0 Å². The van der Waals surface area contributed by atoms with Crippen LogP contribution in [0.1, 0.15) is 23.0 Å². The lowest BCUT2D eigenvalue weighted by Crippen LogP contribution is -2.07. The molecule has 0 fully saturated rings. The zero-order chi connectivity index (χ0) is 14.7. The van der Waals surface area contributed by atoms with Gasteiger partial charge in [0.25, 0.3) is 0 Å². The number of nitrogens with two attached hydrogens (primary N) is 1. The lowest BCUT2D eigenvalue weighted by Gasteiger charge is -2.08. The molecule has 0 unspecified atom stereocenters. The van der Waals surface area contributed by atoms with E-state index in [9.17, 15) is 4.79 Å². The Bertz CT molecular complexity index is 634. The van der Waals surface area contributed by atoms with Crippen molar-refractivity contribution in [1.82, 2.24) is 5.16 Å². The monoisotopic (exact) mass is 276 g/mol. The van der Waals surface area contributed by atoms with Crippen molar-refractivity contribution in [3.05, 3.63) is 29.5 Å². The molecule has 2 aromatic rings. The van der Waals surface area contributed by atoms with Crippen molar-refractivity contribution in [2.24, 2.45) is 0 Å². The predicted octanol–water partition coefficient (Wildman–Crippen LogP) is 2.42. The van der Waals surface area contributed by atoms with Gasteiger partial charge in [0, 0.05) is 11.3 Å². The summed E-state index contributed by atoms with van der Waals surface area (Å²) >= 11 is 0. The van der Waals surface area contributed by atoms with Crippen LogP contribution in [0.4, 0.5) is 5.69 Å². The number of methoxy groups -OCH3 is 1. The lowest BCUT2D eigenvalue weighted by molar-refractivity contribution is 0.0525. The SMILES string of the molecule is CCOC(=O)c1c(-c2cc(N)ccc2OC)noc1C. The number of benzene rings is 1. The first-order chi connectivity index (χ1) is 9.58. The van der Waals surface area contributed by atoms with Crippen LogP contribution in [0.15, 0.2) is 22.7 Å². The van der Waals surface area contributed by atoms with Gasteiger partial charge in [-0.25, -0.2) is 4.79 Å². The minimum absolute atomic E-state index is 0.275. The summed E-state index contributed by atoms with van der Waals surface area (Å²) in [5.41, 5.74) is 7.56. The normalized spacial score (nSPS) is 10.3. The van der Waals surface area contributed by atoms with E-state index in [1.165, 1.54) is 7.11 Å². The van der Waals surface area contributed by atoms with Gasteiger partial charge in [0.1, 0.15) is 22.8 Å². The van der Waals surface area contributed by atoms with E-state index in [0.717, 1.165) is 0 Å². The van der Waals surface area contributed by atoms with Crippen LogP contribution in [-0.4, -0.2) is 24.8 Å². The fourth-order valence-electron chi connectivity index (χ4n) is 1.91. The first-order valence-corrected chi connectivity index (χ1v) is 6.15. The van der Waals surface area contributed by atoms with E-state index in [4.69, 9.17) is 19.7 Å². The van der Waals surface area contributed by atoms with Gasteiger partial charge >= 0.3 is 5.97 Å². The number of hydrogen-bond donors (Lipinski definition) is 1. The highest BCUT2D eigenvalue weighted by molar-refractivity contribution is 5.98. The molecule has 0 amide bonds. The molecule has 1 heterocycles. The molecule has 1 aromatic heterocycles. The lowest BCUT2D eigenvalue weighted by atomic mass is 10.0. The van der Waals surface area contributed by atoms with Gasteiger partial charge in [-0.15, -0.1) is 0 Å². The smallest absolute Gasteiger partial charge is 0.344 e. The van der Waals surface area contributed by atoms with Crippen LogP contribution < -0.4 is 10.5 Å². The van der Waals surface area contributed by atoms with Gasteiger partial charge in [0.2, 0.25) is 0 Å². The van der Waals surface area contributed by atoms with E-state index in [0.29, 0.717) is 28.5 Å². The molecule has 2 N–H and O–H groups in total. The number of rotatable bonds is 4. The van der Waals surface area contributed by atoms with Gasteiger partial charge in [-0.3, -0.25) is 0 Å². The van der Waals surface area contributed by atoms with Gasteiger partial charge < -0.3 is 19.7 Å². The van der Waals surface area contributed by atoms with Crippen LogP contribution in [0.25, 0.3) is 11.3 Å². The summed E-state index contributed by atoms with van der Waals surface area (Å²) in [6.07, 6.45) is 0. The number of esters is 1. The quantitative estimate of drug-likeness (QED) is 0.681. The molecule has 0 spiro atoms. The summed E-state index contributed by atoms with van der Waals surface area (Å²) in [5, 5.41) is 3.93. The summed E-state index contributed by atoms with van der Waals surface area (Å²) in [5.74, 6) is 0.465. The maximum Gasteiger partial charge on any atom is 0.344 e. The maximum absolute atomic E-state index is 12.0. The van der Waals surface area contributed by atoms with Crippen LogP contribution in [0.2, 0.25) is 0 Å². The molecule has 0 aliphatic heterocycles. The van der Waals surface area contributed by atoms with Crippen molar-refractivity contribution in [3.8, 4) is 17.0 Å². The van der Waals surface area contributed by atoms with Crippen molar-refractivity contribution in [2.75, 3.05) is 19.5 Å². The minimum Gasteiger partial charge on any atom is -0.496 e. The van der Waals surface area contributed by atoms with Gasteiger partial charge in [-0.1, -0.05) is 5.16 Å². The van der Waals surface area contributed by atoms with Crippen LogP contribution in [0.3, 0.4) is 0 Å². The van der Waals surface area contributed by atoms with Crippen LogP contribution in [0.5, 0.6) is 5.75 Å². The molecule has 20 heavy (non-hydrogen) atoms. The summed E-state index contributed by atoms with van der Waals surface area (Å²) in [7, 11) is 1.53. The first kappa shape index (κ1) is 13.9. The van der Waals surface area contributed by atoms with Crippen molar-refractivity contribution < 1.29 is 18.8 Å². The first-order valence-electron chi connectivity index (χ1n) is 6.15. The molecule has 0 bridgehead atoms.